The first-order valence-corrected chi connectivity index (χ1v) is 8.32. The first kappa shape index (κ1) is 15.3. The standard InChI is InChI=1S/C17H26N4O/c1-17(2,3)20-16(22)13-5-4-10-21(11-13)14-8-9-18-15(19-14)12-6-7-12/h8-9,12-13H,4-7,10-11H2,1-3H3,(H,20,22). The molecule has 22 heavy (non-hydrogen) atoms. The second-order valence-electron chi connectivity index (χ2n) is 7.57. The zero-order chi connectivity index (χ0) is 15.7. The van der Waals surface area contributed by atoms with Gasteiger partial charge in [0.2, 0.25) is 5.91 Å². The van der Waals surface area contributed by atoms with Crippen molar-refractivity contribution in [3.8, 4) is 0 Å². The van der Waals surface area contributed by atoms with Crippen molar-refractivity contribution < 1.29 is 4.79 Å². The van der Waals surface area contributed by atoms with Gasteiger partial charge in [-0.1, -0.05) is 0 Å². The third kappa shape index (κ3) is 3.76. The number of nitrogens with one attached hydrogen (secondary N) is 1. The molecule has 0 spiro atoms. The minimum atomic E-state index is -0.173. The van der Waals surface area contributed by atoms with Crippen LogP contribution in [0.2, 0.25) is 0 Å². The molecule has 1 N–H and O–H groups in total. The lowest BCUT2D eigenvalue weighted by molar-refractivity contribution is -0.126. The van der Waals surface area contributed by atoms with Crippen LogP contribution in [-0.4, -0.2) is 34.5 Å². The molecule has 0 aromatic carbocycles. The van der Waals surface area contributed by atoms with Crippen molar-refractivity contribution in [3.63, 3.8) is 0 Å². The fraction of sp³-hybridized carbons (Fsp3) is 0.706. The third-order valence-electron chi connectivity index (χ3n) is 4.22. The van der Waals surface area contributed by atoms with E-state index in [-0.39, 0.29) is 17.4 Å². The summed E-state index contributed by atoms with van der Waals surface area (Å²) in [5.41, 5.74) is -0.173. The molecule has 0 radical (unpaired) electrons. The van der Waals surface area contributed by atoms with Crippen LogP contribution >= 0.6 is 0 Å². The molecule has 1 atom stereocenters. The number of carbonyl (C=O) groups excluding carboxylic acids is 1. The number of hydrogen-bond donors (Lipinski definition) is 1. The van der Waals surface area contributed by atoms with Gasteiger partial charge in [0, 0.05) is 30.7 Å². The molecule has 2 heterocycles. The van der Waals surface area contributed by atoms with Gasteiger partial charge in [0.1, 0.15) is 11.6 Å². The van der Waals surface area contributed by atoms with Crippen LogP contribution in [0.15, 0.2) is 12.3 Å². The molecule has 1 saturated heterocycles. The summed E-state index contributed by atoms with van der Waals surface area (Å²) in [5, 5.41) is 3.10. The maximum atomic E-state index is 12.4. The van der Waals surface area contributed by atoms with E-state index >= 15 is 0 Å². The predicted octanol–water partition coefficient (Wildman–Crippen LogP) is 2.49. The largest absolute Gasteiger partial charge is 0.356 e. The fourth-order valence-corrected chi connectivity index (χ4v) is 2.95. The molecule has 1 unspecified atom stereocenters. The van der Waals surface area contributed by atoms with Crippen molar-refractivity contribution in [2.24, 2.45) is 5.92 Å². The zero-order valence-corrected chi connectivity index (χ0v) is 13.8. The van der Waals surface area contributed by atoms with E-state index in [1.807, 2.05) is 33.0 Å². The van der Waals surface area contributed by atoms with Crippen molar-refractivity contribution in [3.05, 3.63) is 18.1 Å². The number of aromatic nitrogens is 2. The first-order chi connectivity index (χ1) is 10.4. The molecule has 2 aliphatic rings. The van der Waals surface area contributed by atoms with E-state index in [0.717, 1.165) is 37.6 Å². The molecule has 5 heteroatoms. The maximum Gasteiger partial charge on any atom is 0.225 e. The summed E-state index contributed by atoms with van der Waals surface area (Å²) in [5.74, 6) is 2.72. The van der Waals surface area contributed by atoms with Gasteiger partial charge >= 0.3 is 0 Å². The zero-order valence-electron chi connectivity index (χ0n) is 13.8. The number of anilines is 1. The van der Waals surface area contributed by atoms with Crippen molar-refractivity contribution in [2.75, 3.05) is 18.0 Å². The summed E-state index contributed by atoms with van der Waals surface area (Å²) in [4.78, 5) is 23.7. The second-order valence-corrected chi connectivity index (χ2v) is 7.57. The average molecular weight is 302 g/mol. The lowest BCUT2D eigenvalue weighted by Gasteiger charge is -2.34. The number of piperidine rings is 1. The van der Waals surface area contributed by atoms with Gasteiger partial charge in [0.15, 0.2) is 0 Å². The van der Waals surface area contributed by atoms with E-state index in [0.29, 0.717) is 5.92 Å². The fourth-order valence-electron chi connectivity index (χ4n) is 2.95. The van der Waals surface area contributed by atoms with Crippen LogP contribution in [0.5, 0.6) is 0 Å². The monoisotopic (exact) mass is 302 g/mol. The van der Waals surface area contributed by atoms with E-state index in [1.165, 1.54) is 12.8 Å². The molecule has 1 aliphatic heterocycles. The van der Waals surface area contributed by atoms with Crippen LogP contribution in [0.1, 0.15) is 58.2 Å². The minimum Gasteiger partial charge on any atom is -0.356 e. The number of hydrogen-bond acceptors (Lipinski definition) is 4. The van der Waals surface area contributed by atoms with Gasteiger partial charge in [-0.25, -0.2) is 9.97 Å². The van der Waals surface area contributed by atoms with E-state index in [9.17, 15) is 4.79 Å². The van der Waals surface area contributed by atoms with E-state index in [1.54, 1.807) is 0 Å². The molecular formula is C17H26N4O. The van der Waals surface area contributed by atoms with Gasteiger partial charge in [0.25, 0.3) is 0 Å². The topological polar surface area (TPSA) is 58.1 Å². The summed E-state index contributed by atoms with van der Waals surface area (Å²) >= 11 is 0. The summed E-state index contributed by atoms with van der Waals surface area (Å²) in [6, 6.07) is 1.97. The van der Waals surface area contributed by atoms with Gasteiger partial charge in [-0.2, -0.15) is 0 Å². The second kappa shape index (κ2) is 5.86. The molecule has 3 rings (SSSR count). The highest BCUT2D eigenvalue weighted by Gasteiger charge is 2.30. The van der Waals surface area contributed by atoms with Gasteiger partial charge in [0.05, 0.1) is 5.92 Å². The van der Waals surface area contributed by atoms with Crippen molar-refractivity contribution in [2.45, 2.75) is 57.9 Å². The smallest absolute Gasteiger partial charge is 0.225 e. The number of amides is 1. The van der Waals surface area contributed by atoms with Gasteiger partial charge in [-0.05, 0) is 52.5 Å². The van der Waals surface area contributed by atoms with Crippen LogP contribution < -0.4 is 10.2 Å². The summed E-state index contributed by atoms with van der Waals surface area (Å²) in [7, 11) is 0. The van der Waals surface area contributed by atoms with Crippen molar-refractivity contribution >= 4 is 11.7 Å². The summed E-state index contributed by atoms with van der Waals surface area (Å²) in [6.45, 7) is 7.80. The number of carbonyl (C=O) groups is 1. The third-order valence-corrected chi connectivity index (χ3v) is 4.22. The number of nitrogens with zero attached hydrogens (tertiary/aromatic N) is 3. The first-order valence-electron chi connectivity index (χ1n) is 8.32. The van der Waals surface area contributed by atoms with Crippen molar-refractivity contribution in [1.29, 1.82) is 0 Å². The Morgan fingerprint density at radius 1 is 1.32 bits per heavy atom. The summed E-state index contributed by atoms with van der Waals surface area (Å²) in [6.07, 6.45) is 6.26. The highest BCUT2D eigenvalue weighted by Crippen LogP contribution is 2.38. The molecule has 1 saturated carbocycles. The molecule has 1 amide bonds. The molecular weight excluding hydrogens is 276 g/mol. The van der Waals surface area contributed by atoms with Crippen LogP contribution in [0.25, 0.3) is 0 Å². The Kier molecular flexibility index (Phi) is 4.06. The molecule has 120 valence electrons. The number of rotatable bonds is 3. The van der Waals surface area contributed by atoms with Crippen LogP contribution in [0, 0.1) is 5.92 Å². The van der Waals surface area contributed by atoms with Crippen LogP contribution in [-0.2, 0) is 4.79 Å². The Labute approximate surface area is 132 Å². The molecule has 1 aromatic rings. The minimum absolute atomic E-state index is 0.0484. The lowest BCUT2D eigenvalue weighted by Crippen LogP contribution is -2.48. The van der Waals surface area contributed by atoms with Gasteiger partial charge < -0.3 is 10.2 Å². The van der Waals surface area contributed by atoms with Crippen LogP contribution in [0.3, 0.4) is 0 Å². The van der Waals surface area contributed by atoms with Gasteiger partial charge in [-0.15, -0.1) is 0 Å². The maximum absolute atomic E-state index is 12.4. The Hall–Kier alpha value is -1.65. The molecule has 0 bridgehead atoms. The Bertz CT molecular complexity index is 548. The molecule has 1 aliphatic carbocycles. The highest BCUT2D eigenvalue weighted by atomic mass is 16.2. The molecule has 5 nitrogen and oxygen atoms in total. The normalized spacial score (nSPS) is 22.5. The van der Waals surface area contributed by atoms with E-state index in [4.69, 9.17) is 4.98 Å². The molecule has 1 aromatic heterocycles. The summed E-state index contributed by atoms with van der Waals surface area (Å²) < 4.78 is 0. The highest BCUT2D eigenvalue weighted by molar-refractivity contribution is 5.80. The Morgan fingerprint density at radius 2 is 2.09 bits per heavy atom. The Morgan fingerprint density at radius 3 is 2.77 bits per heavy atom. The predicted molar refractivity (Wildman–Crippen MR) is 86.8 cm³/mol. The molecule has 2 fully saturated rings. The SMILES string of the molecule is CC(C)(C)NC(=O)C1CCCN(c2ccnc(C3CC3)n2)C1. The van der Waals surface area contributed by atoms with E-state index < -0.39 is 0 Å². The Balaban J connectivity index is 1.67. The van der Waals surface area contributed by atoms with E-state index in [2.05, 4.69) is 15.2 Å². The average Bonchev–Trinajstić information content (AvgIpc) is 3.30. The lowest BCUT2D eigenvalue weighted by atomic mass is 9.95. The van der Waals surface area contributed by atoms with Crippen molar-refractivity contribution in [1.82, 2.24) is 15.3 Å². The van der Waals surface area contributed by atoms with Crippen LogP contribution in [0.4, 0.5) is 5.82 Å². The van der Waals surface area contributed by atoms with Gasteiger partial charge in [-0.3, -0.25) is 4.79 Å². The quantitative estimate of drug-likeness (QED) is 0.932.